The highest BCUT2D eigenvalue weighted by molar-refractivity contribution is 9.10. The van der Waals surface area contributed by atoms with Gasteiger partial charge in [0.2, 0.25) is 0 Å². The Bertz CT molecular complexity index is 405. The number of amides is 1. The van der Waals surface area contributed by atoms with Crippen molar-refractivity contribution in [3.8, 4) is 0 Å². The van der Waals surface area contributed by atoms with E-state index >= 15 is 0 Å². The minimum atomic E-state index is -0.144. The van der Waals surface area contributed by atoms with E-state index in [-0.39, 0.29) is 5.91 Å². The molecule has 1 saturated heterocycles. The van der Waals surface area contributed by atoms with E-state index in [2.05, 4.69) is 15.9 Å². The summed E-state index contributed by atoms with van der Waals surface area (Å²) in [6.45, 7) is 1.24. The highest BCUT2D eigenvalue weighted by Gasteiger charge is 2.21. The number of hydrogen-bond acceptors (Lipinski definition) is 2. The van der Waals surface area contributed by atoms with Crippen molar-refractivity contribution in [3.63, 3.8) is 0 Å². The van der Waals surface area contributed by atoms with Crippen molar-refractivity contribution in [2.45, 2.75) is 12.8 Å². The molecule has 1 aliphatic rings. The largest absolute Gasteiger partial charge is 0.278 e. The Balaban J connectivity index is 2.22. The first-order valence-corrected chi connectivity index (χ1v) is 6.25. The molecule has 0 saturated carbocycles. The van der Waals surface area contributed by atoms with Gasteiger partial charge in [0.25, 0.3) is 5.91 Å². The summed E-state index contributed by atoms with van der Waals surface area (Å²) in [5.41, 5.74) is 0.536. The van der Waals surface area contributed by atoms with Crippen LogP contribution in [0.2, 0.25) is 5.02 Å². The van der Waals surface area contributed by atoms with Gasteiger partial charge in [0.1, 0.15) is 0 Å². The van der Waals surface area contributed by atoms with Crippen LogP contribution < -0.4 is 0 Å². The lowest BCUT2D eigenvalue weighted by atomic mass is 10.2. The molecule has 0 spiro atoms. The first kappa shape index (κ1) is 11.9. The van der Waals surface area contributed by atoms with Gasteiger partial charge in [-0.2, -0.15) is 0 Å². The Morgan fingerprint density at radius 2 is 2.25 bits per heavy atom. The van der Waals surface area contributed by atoms with Crippen molar-refractivity contribution in [3.05, 3.63) is 33.3 Å². The van der Waals surface area contributed by atoms with E-state index in [0.29, 0.717) is 23.7 Å². The van der Waals surface area contributed by atoms with Crippen molar-refractivity contribution in [2.75, 3.05) is 13.2 Å². The van der Waals surface area contributed by atoms with Gasteiger partial charge in [-0.3, -0.25) is 9.63 Å². The van der Waals surface area contributed by atoms with Crippen LogP contribution in [0.25, 0.3) is 0 Å². The first-order chi connectivity index (χ1) is 7.68. The summed E-state index contributed by atoms with van der Waals surface area (Å²) < 4.78 is 0.732. The monoisotopic (exact) mass is 303 g/mol. The van der Waals surface area contributed by atoms with Crippen LogP contribution >= 0.6 is 27.5 Å². The summed E-state index contributed by atoms with van der Waals surface area (Å²) in [6.07, 6.45) is 1.98. The second-order valence-electron chi connectivity index (χ2n) is 3.57. The van der Waals surface area contributed by atoms with Gasteiger partial charge >= 0.3 is 0 Å². The maximum absolute atomic E-state index is 12.1. The number of carbonyl (C=O) groups is 1. The fourth-order valence-electron chi connectivity index (χ4n) is 1.55. The predicted molar refractivity (Wildman–Crippen MR) is 65.4 cm³/mol. The molecule has 5 heteroatoms. The Kier molecular flexibility index (Phi) is 3.84. The molecule has 16 heavy (non-hydrogen) atoms. The van der Waals surface area contributed by atoms with Crippen LogP contribution in [0.15, 0.2) is 22.7 Å². The lowest BCUT2D eigenvalue weighted by Gasteiger charge is -2.26. The van der Waals surface area contributed by atoms with Gasteiger partial charge < -0.3 is 0 Å². The zero-order valence-corrected chi connectivity index (χ0v) is 10.9. The van der Waals surface area contributed by atoms with E-state index < -0.39 is 0 Å². The number of rotatable bonds is 1. The van der Waals surface area contributed by atoms with E-state index in [4.69, 9.17) is 16.4 Å². The number of benzene rings is 1. The molecule has 3 nitrogen and oxygen atoms in total. The predicted octanol–water partition coefficient (Wildman–Crippen LogP) is 3.27. The molecule has 1 fully saturated rings. The van der Waals surface area contributed by atoms with E-state index in [1.54, 1.807) is 18.2 Å². The molecule has 0 aromatic heterocycles. The van der Waals surface area contributed by atoms with Crippen LogP contribution in [0.5, 0.6) is 0 Å². The summed E-state index contributed by atoms with van der Waals surface area (Å²) in [5, 5.41) is 1.95. The zero-order chi connectivity index (χ0) is 11.5. The number of halogens is 2. The van der Waals surface area contributed by atoms with E-state index in [0.717, 1.165) is 17.3 Å². The van der Waals surface area contributed by atoms with E-state index in [9.17, 15) is 4.79 Å². The third kappa shape index (κ3) is 2.56. The van der Waals surface area contributed by atoms with Gasteiger partial charge in [-0.15, -0.1) is 0 Å². The van der Waals surface area contributed by atoms with Crippen LogP contribution in [0.4, 0.5) is 0 Å². The Morgan fingerprint density at radius 1 is 1.44 bits per heavy atom. The maximum atomic E-state index is 12.1. The quantitative estimate of drug-likeness (QED) is 0.797. The molecule has 86 valence electrons. The van der Waals surface area contributed by atoms with Crippen LogP contribution in [0, 0.1) is 0 Å². The van der Waals surface area contributed by atoms with E-state index in [1.807, 2.05) is 0 Å². The fourth-order valence-corrected chi connectivity index (χ4v) is 2.14. The second kappa shape index (κ2) is 5.17. The number of nitrogens with zero attached hydrogens (tertiary/aromatic N) is 1. The normalized spacial score (nSPS) is 16.2. The van der Waals surface area contributed by atoms with Crippen LogP contribution in [0.1, 0.15) is 23.2 Å². The van der Waals surface area contributed by atoms with Gasteiger partial charge in [0.15, 0.2) is 0 Å². The smallest absolute Gasteiger partial charge is 0.271 e. The molecule has 1 aliphatic heterocycles. The number of hydroxylamine groups is 2. The molecular formula is C11H11BrClNO2. The topological polar surface area (TPSA) is 29.5 Å². The molecule has 0 atom stereocenters. The van der Waals surface area contributed by atoms with Gasteiger partial charge in [-0.1, -0.05) is 11.6 Å². The Hall–Kier alpha value is -0.580. The maximum Gasteiger partial charge on any atom is 0.278 e. The summed E-state index contributed by atoms with van der Waals surface area (Å²) in [7, 11) is 0. The highest BCUT2D eigenvalue weighted by Crippen LogP contribution is 2.23. The summed E-state index contributed by atoms with van der Waals surface area (Å²) in [6, 6.07) is 5.14. The molecule has 0 bridgehead atoms. The second-order valence-corrected chi connectivity index (χ2v) is 4.86. The molecule has 0 aliphatic carbocycles. The van der Waals surface area contributed by atoms with Crippen molar-refractivity contribution >= 4 is 33.4 Å². The number of carbonyl (C=O) groups excluding carboxylic acids is 1. The van der Waals surface area contributed by atoms with Gasteiger partial charge in [-0.05, 0) is 47.0 Å². The fraction of sp³-hybridized carbons (Fsp3) is 0.364. The zero-order valence-electron chi connectivity index (χ0n) is 8.58. The van der Waals surface area contributed by atoms with Crippen molar-refractivity contribution in [2.24, 2.45) is 0 Å². The SMILES string of the molecule is O=C(c1cc(Cl)ccc1Br)N1CCCCO1. The van der Waals surface area contributed by atoms with Crippen molar-refractivity contribution < 1.29 is 9.63 Å². The minimum absolute atomic E-state index is 0.144. The first-order valence-electron chi connectivity index (χ1n) is 5.08. The third-order valence-corrected chi connectivity index (χ3v) is 3.31. The van der Waals surface area contributed by atoms with Crippen LogP contribution in [-0.2, 0) is 4.84 Å². The average Bonchev–Trinajstić information content (AvgIpc) is 2.32. The van der Waals surface area contributed by atoms with Crippen LogP contribution in [0.3, 0.4) is 0 Å². The molecule has 0 N–H and O–H groups in total. The van der Waals surface area contributed by atoms with Crippen LogP contribution in [-0.4, -0.2) is 24.1 Å². The van der Waals surface area contributed by atoms with Crippen molar-refractivity contribution in [1.29, 1.82) is 0 Å². The third-order valence-electron chi connectivity index (χ3n) is 2.39. The molecular weight excluding hydrogens is 293 g/mol. The molecule has 2 rings (SSSR count). The van der Waals surface area contributed by atoms with Crippen molar-refractivity contribution in [1.82, 2.24) is 5.06 Å². The molecule has 0 radical (unpaired) electrons. The van der Waals surface area contributed by atoms with Gasteiger partial charge in [-0.25, -0.2) is 5.06 Å². The Morgan fingerprint density at radius 3 is 2.94 bits per heavy atom. The molecule has 1 amide bonds. The lowest BCUT2D eigenvalue weighted by molar-refractivity contribution is -0.144. The lowest BCUT2D eigenvalue weighted by Crippen LogP contribution is -2.35. The molecule has 1 heterocycles. The summed E-state index contributed by atoms with van der Waals surface area (Å²) in [4.78, 5) is 17.4. The molecule has 1 aromatic rings. The molecule has 1 aromatic carbocycles. The van der Waals surface area contributed by atoms with Gasteiger partial charge in [0.05, 0.1) is 12.2 Å². The Labute approximate surface area is 107 Å². The highest BCUT2D eigenvalue weighted by atomic mass is 79.9. The van der Waals surface area contributed by atoms with Gasteiger partial charge in [0, 0.05) is 16.0 Å². The average molecular weight is 305 g/mol. The summed E-state index contributed by atoms with van der Waals surface area (Å²) in [5.74, 6) is -0.144. The number of hydrogen-bond donors (Lipinski definition) is 0. The minimum Gasteiger partial charge on any atom is -0.271 e. The van der Waals surface area contributed by atoms with E-state index in [1.165, 1.54) is 5.06 Å². The standard InChI is InChI=1S/C11H11BrClNO2/c12-10-4-3-8(13)7-9(10)11(15)14-5-1-2-6-16-14/h3-4,7H,1-2,5-6H2. The molecule has 0 unspecified atom stereocenters. The summed E-state index contributed by atoms with van der Waals surface area (Å²) >= 11 is 9.20.